The van der Waals surface area contributed by atoms with Gasteiger partial charge < -0.3 is 9.31 Å². The summed E-state index contributed by atoms with van der Waals surface area (Å²) in [5.41, 5.74) is 8.17. The maximum absolute atomic E-state index is 6.41. The molecule has 0 saturated carbocycles. The van der Waals surface area contributed by atoms with Crippen molar-refractivity contribution in [2.24, 2.45) is 0 Å². The Labute approximate surface area is 222 Å². The molecule has 0 aliphatic carbocycles. The first kappa shape index (κ1) is 25.4. The molecule has 188 valence electrons. The molecule has 0 bridgehead atoms. The predicted molar refractivity (Wildman–Crippen MR) is 155 cm³/mol. The van der Waals surface area contributed by atoms with Gasteiger partial charge in [0.2, 0.25) is 0 Å². The Morgan fingerprint density at radius 3 is 1.86 bits per heavy atom. The van der Waals surface area contributed by atoms with Crippen LogP contribution in [0.3, 0.4) is 0 Å². The van der Waals surface area contributed by atoms with Crippen molar-refractivity contribution >= 4 is 12.6 Å². The first-order valence-corrected chi connectivity index (χ1v) is 13.1. The highest BCUT2D eigenvalue weighted by atomic mass is 16.7. The van der Waals surface area contributed by atoms with Gasteiger partial charge in [-0.15, -0.1) is 0 Å². The standard InChI is InChI=1S/C33H36BNO2/c1-31(2,3)28-19-27(20-29(22-28)34-36-32(4,5)33(6,7)37-34)30-21-26(16-17-35-30)25-15-11-14-24(18-25)23-12-9-8-10-13-23/h8-22H,1-7H3. The highest BCUT2D eigenvalue weighted by Crippen LogP contribution is 2.37. The lowest BCUT2D eigenvalue weighted by Crippen LogP contribution is -2.41. The van der Waals surface area contributed by atoms with E-state index in [1.54, 1.807) is 0 Å². The summed E-state index contributed by atoms with van der Waals surface area (Å²) in [5, 5.41) is 0. The predicted octanol–water partition coefficient (Wildman–Crippen LogP) is 7.68. The molecule has 1 aliphatic rings. The van der Waals surface area contributed by atoms with Gasteiger partial charge in [-0.2, -0.15) is 0 Å². The molecule has 0 spiro atoms. The molecule has 37 heavy (non-hydrogen) atoms. The minimum Gasteiger partial charge on any atom is -0.399 e. The van der Waals surface area contributed by atoms with E-state index in [1.807, 2.05) is 12.3 Å². The van der Waals surface area contributed by atoms with E-state index in [2.05, 4.69) is 127 Å². The van der Waals surface area contributed by atoms with Gasteiger partial charge in [-0.25, -0.2) is 0 Å². The number of rotatable bonds is 4. The van der Waals surface area contributed by atoms with Crippen LogP contribution in [0.4, 0.5) is 0 Å². The van der Waals surface area contributed by atoms with Crippen LogP contribution in [0.25, 0.3) is 33.5 Å². The van der Waals surface area contributed by atoms with Crippen LogP contribution in [-0.4, -0.2) is 23.3 Å². The van der Waals surface area contributed by atoms with E-state index in [-0.39, 0.29) is 5.41 Å². The quantitative estimate of drug-likeness (QED) is 0.276. The summed E-state index contributed by atoms with van der Waals surface area (Å²) >= 11 is 0. The van der Waals surface area contributed by atoms with Gasteiger partial charge in [0.15, 0.2) is 0 Å². The maximum atomic E-state index is 6.41. The monoisotopic (exact) mass is 489 g/mol. The minimum absolute atomic E-state index is 0.0317. The largest absolute Gasteiger partial charge is 0.494 e. The van der Waals surface area contributed by atoms with E-state index < -0.39 is 18.3 Å². The van der Waals surface area contributed by atoms with Gasteiger partial charge in [0.1, 0.15) is 0 Å². The molecule has 4 aromatic rings. The zero-order chi connectivity index (χ0) is 26.4. The lowest BCUT2D eigenvalue weighted by atomic mass is 9.74. The van der Waals surface area contributed by atoms with Gasteiger partial charge in [-0.3, -0.25) is 4.98 Å². The first-order chi connectivity index (χ1) is 17.4. The zero-order valence-corrected chi connectivity index (χ0v) is 23.0. The zero-order valence-electron chi connectivity index (χ0n) is 23.0. The third-order valence-corrected chi connectivity index (χ3v) is 7.71. The van der Waals surface area contributed by atoms with Gasteiger partial charge in [-0.05, 0) is 90.7 Å². The second kappa shape index (κ2) is 9.27. The SMILES string of the molecule is CC(C)(C)c1cc(B2OC(C)(C)C(C)(C)O2)cc(-c2cc(-c3cccc(-c4ccccc4)c3)ccn2)c1. The van der Waals surface area contributed by atoms with Crippen molar-refractivity contribution in [1.82, 2.24) is 4.98 Å². The molecular weight excluding hydrogens is 453 g/mol. The summed E-state index contributed by atoms with van der Waals surface area (Å²) in [7, 11) is -0.420. The summed E-state index contributed by atoms with van der Waals surface area (Å²) in [6.07, 6.45) is 1.90. The van der Waals surface area contributed by atoms with E-state index in [0.29, 0.717) is 0 Å². The van der Waals surface area contributed by atoms with Gasteiger partial charge >= 0.3 is 7.12 Å². The number of pyridine rings is 1. The highest BCUT2D eigenvalue weighted by Gasteiger charge is 2.51. The third-order valence-electron chi connectivity index (χ3n) is 7.71. The Hall–Kier alpha value is -3.21. The first-order valence-electron chi connectivity index (χ1n) is 13.1. The van der Waals surface area contributed by atoms with Crippen LogP contribution in [0.1, 0.15) is 54.0 Å². The third kappa shape index (κ3) is 5.14. The van der Waals surface area contributed by atoms with Crippen molar-refractivity contribution in [2.45, 2.75) is 65.1 Å². The second-order valence-corrected chi connectivity index (χ2v) is 12.1. The van der Waals surface area contributed by atoms with E-state index in [4.69, 9.17) is 14.3 Å². The van der Waals surface area contributed by atoms with Crippen LogP contribution in [0, 0.1) is 0 Å². The molecule has 0 atom stereocenters. The summed E-state index contributed by atoms with van der Waals surface area (Å²) in [4.78, 5) is 4.78. The Bertz CT molecular complexity index is 1400. The summed E-state index contributed by atoms with van der Waals surface area (Å²) in [6, 6.07) is 30.1. The average Bonchev–Trinajstić information content (AvgIpc) is 3.10. The minimum atomic E-state index is -0.420. The average molecular weight is 489 g/mol. The Morgan fingerprint density at radius 2 is 1.22 bits per heavy atom. The van der Waals surface area contributed by atoms with Crippen molar-refractivity contribution in [3.05, 3.63) is 96.7 Å². The van der Waals surface area contributed by atoms with E-state index in [9.17, 15) is 0 Å². The smallest absolute Gasteiger partial charge is 0.399 e. The number of aromatic nitrogens is 1. The van der Waals surface area contributed by atoms with Crippen LogP contribution in [0.2, 0.25) is 0 Å². The van der Waals surface area contributed by atoms with Gasteiger partial charge in [0.05, 0.1) is 16.9 Å². The van der Waals surface area contributed by atoms with Crippen LogP contribution in [-0.2, 0) is 14.7 Å². The fourth-order valence-corrected chi connectivity index (χ4v) is 4.62. The lowest BCUT2D eigenvalue weighted by Gasteiger charge is -2.32. The second-order valence-electron chi connectivity index (χ2n) is 12.1. The molecule has 2 heterocycles. The highest BCUT2D eigenvalue weighted by molar-refractivity contribution is 6.62. The van der Waals surface area contributed by atoms with Crippen LogP contribution < -0.4 is 5.46 Å². The number of hydrogen-bond acceptors (Lipinski definition) is 3. The van der Waals surface area contributed by atoms with Gasteiger partial charge in [0, 0.05) is 11.8 Å². The van der Waals surface area contributed by atoms with Crippen molar-refractivity contribution in [1.29, 1.82) is 0 Å². The molecule has 1 aromatic heterocycles. The maximum Gasteiger partial charge on any atom is 0.494 e. The molecule has 0 amide bonds. The fraction of sp³-hybridized carbons (Fsp3) is 0.303. The van der Waals surface area contributed by atoms with Crippen molar-refractivity contribution < 1.29 is 9.31 Å². The molecule has 0 unspecified atom stereocenters. The van der Waals surface area contributed by atoms with Gasteiger partial charge in [-0.1, -0.05) is 81.4 Å². The van der Waals surface area contributed by atoms with Crippen molar-refractivity contribution in [2.75, 3.05) is 0 Å². The number of nitrogens with zero attached hydrogens (tertiary/aromatic N) is 1. The summed E-state index contributed by atoms with van der Waals surface area (Å²) in [6.45, 7) is 15.1. The Kier molecular flexibility index (Phi) is 6.38. The molecule has 0 radical (unpaired) electrons. The number of benzene rings is 3. The molecule has 3 nitrogen and oxygen atoms in total. The fourth-order valence-electron chi connectivity index (χ4n) is 4.62. The van der Waals surface area contributed by atoms with Crippen LogP contribution in [0.5, 0.6) is 0 Å². The van der Waals surface area contributed by atoms with Crippen molar-refractivity contribution in [3.8, 4) is 33.5 Å². The Morgan fingerprint density at radius 1 is 0.622 bits per heavy atom. The Balaban J connectivity index is 1.56. The van der Waals surface area contributed by atoms with E-state index >= 15 is 0 Å². The normalized spacial score (nSPS) is 16.7. The number of hydrogen-bond donors (Lipinski definition) is 0. The van der Waals surface area contributed by atoms with E-state index in [1.165, 1.54) is 22.3 Å². The topological polar surface area (TPSA) is 31.4 Å². The van der Waals surface area contributed by atoms with Crippen molar-refractivity contribution in [3.63, 3.8) is 0 Å². The molecule has 5 rings (SSSR count). The molecule has 1 saturated heterocycles. The van der Waals surface area contributed by atoms with Crippen LogP contribution >= 0.6 is 0 Å². The molecule has 1 aliphatic heterocycles. The van der Waals surface area contributed by atoms with E-state index in [0.717, 1.165) is 22.3 Å². The van der Waals surface area contributed by atoms with Gasteiger partial charge in [0.25, 0.3) is 0 Å². The molecule has 1 fully saturated rings. The van der Waals surface area contributed by atoms with Crippen LogP contribution in [0.15, 0.2) is 91.1 Å². The molecule has 3 aromatic carbocycles. The molecule has 0 N–H and O–H groups in total. The summed E-state index contributed by atoms with van der Waals surface area (Å²) in [5.74, 6) is 0. The lowest BCUT2D eigenvalue weighted by molar-refractivity contribution is 0.00578. The summed E-state index contributed by atoms with van der Waals surface area (Å²) < 4.78 is 12.8. The molecular formula is C33H36BNO2. The molecule has 4 heteroatoms.